The Kier molecular flexibility index (Phi) is 7.22. The van der Waals surface area contributed by atoms with Gasteiger partial charge in [0.25, 0.3) is 11.5 Å². The van der Waals surface area contributed by atoms with Crippen LogP contribution in [-0.4, -0.2) is 45.0 Å². The van der Waals surface area contributed by atoms with E-state index >= 15 is 0 Å². The standard InChI is InChI=1S/C25H27N5O4/c1-3-33-20-8-10-21(11-9-20)34-16-23(31)26-12-13-30-24-22(14-28-30)25(32)29(17-27-24)15-19-7-5-4-6-18(19)2/h4-11,14,17H,3,12-13,15-16H2,1-2H3,(H,26,31). The number of aromatic nitrogens is 4. The lowest BCUT2D eigenvalue weighted by Gasteiger charge is -2.10. The van der Waals surface area contributed by atoms with Crippen LogP contribution < -0.4 is 20.3 Å². The van der Waals surface area contributed by atoms with Crippen LogP contribution in [0.5, 0.6) is 11.5 Å². The monoisotopic (exact) mass is 461 g/mol. The van der Waals surface area contributed by atoms with E-state index in [0.29, 0.717) is 43.0 Å². The zero-order chi connectivity index (χ0) is 23.9. The van der Waals surface area contributed by atoms with E-state index in [4.69, 9.17) is 9.47 Å². The Bertz CT molecular complexity index is 1330. The first-order valence-electron chi connectivity index (χ1n) is 11.1. The highest BCUT2D eigenvalue weighted by molar-refractivity contribution is 5.77. The molecule has 0 aliphatic heterocycles. The number of aryl methyl sites for hydroxylation is 1. The summed E-state index contributed by atoms with van der Waals surface area (Å²) in [5, 5.41) is 7.52. The summed E-state index contributed by atoms with van der Waals surface area (Å²) in [6.45, 7) is 5.58. The molecular weight excluding hydrogens is 434 g/mol. The van der Waals surface area contributed by atoms with E-state index in [0.717, 1.165) is 16.9 Å². The number of ether oxygens (including phenoxy) is 2. The average molecular weight is 462 g/mol. The van der Waals surface area contributed by atoms with Crippen LogP contribution >= 0.6 is 0 Å². The minimum Gasteiger partial charge on any atom is -0.494 e. The van der Waals surface area contributed by atoms with Gasteiger partial charge in [0.05, 0.1) is 25.9 Å². The minimum absolute atomic E-state index is 0.101. The van der Waals surface area contributed by atoms with Gasteiger partial charge in [0.15, 0.2) is 12.3 Å². The molecule has 2 aromatic heterocycles. The maximum atomic E-state index is 12.9. The van der Waals surface area contributed by atoms with Crippen molar-refractivity contribution in [2.45, 2.75) is 26.9 Å². The van der Waals surface area contributed by atoms with Crippen molar-refractivity contribution < 1.29 is 14.3 Å². The van der Waals surface area contributed by atoms with E-state index in [2.05, 4.69) is 15.4 Å². The smallest absolute Gasteiger partial charge is 0.264 e. The molecule has 0 saturated heterocycles. The van der Waals surface area contributed by atoms with E-state index < -0.39 is 0 Å². The van der Waals surface area contributed by atoms with E-state index in [1.807, 2.05) is 38.1 Å². The number of nitrogens with zero attached hydrogens (tertiary/aromatic N) is 4. The predicted molar refractivity (Wildman–Crippen MR) is 128 cm³/mol. The van der Waals surface area contributed by atoms with Gasteiger partial charge in [0, 0.05) is 6.54 Å². The largest absolute Gasteiger partial charge is 0.494 e. The summed E-state index contributed by atoms with van der Waals surface area (Å²) in [6.07, 6.45) is 3.06. The molecule has 0 aliphatic carbocycles. The summed E-state index contributed by atoms with van der Waals surface area (Å²) in [6, 6.07) is 15.0. The van der Waals surface area contributed by atoms with Crippen molar-refractivity contribution in [3.05, 3.63) is 82.5 Å². The number of amides is 1. The molecule has 2 heterocycles. The van der Waals surface area contributed by atoms with Crippen LogP contribution in [0.3, 0.4) is 0 Å². The van der Waals surface area contributed by atoms with Gasteiger partial charge >= 0.3 is 0 Å². The highest BCUT2D eigenvalue weighted by Crippen LogP contribution is 2.17. The molecular formula is C25H27N5O4. The van der Waals surface area contributed by atoms with Gasteiger partial charge in [0.2, 0.25) is 0 Å². The highest BCUT2D eigenvalue weighted by atomic mass is 16.5. The summed E-state index contributed by atoms with van der Waals surface area (Å²) in [7, 11) is 0. The average Bonchev–Trinajstić information content (AvgIpc) is 3.26. The van der Waals surface area contributed by atoms with Crippen LogP contribution in [0, 0.1) is 6.92 Å². The van der Waals surface area contributed by atoms with Crippen LogP contribution in [0.15, 0.2) is 65.8 Å². The molecule has 2 aromatic carbocycles. The third-order valence-corrected chi connectivity index (χ3v) is 5.37. The minimum atomic E-state index is -0.251. The highest BCUT2D eigenvalue weighted by Gasteiger charge is 2.11. The van der Waals surface area contributed by atoms with Crippen LogP contribution in [0.4, 0.5) is 0 Å². The lowest BCUT2D eigenvalue weighted by molar-refractivity contribution is -0.123. The van der Waals surface area contributed by atoms with Crippen molar-refractivity contribution in [1.29, 1.82) is 0 Å². The molecule has 0 saturated carbocycles. The summed E-state index contributed by atoms with van der Waals surface area (Å²) >= 11 is 0. The normalized spacial score (nSPS) is 10.9. The van der Waals surface area contributed by atoms with E-state index in [1.54, 1.807) is 39.8 Å². The van der Waals surface area contributed by atoms with Crippen LogP contribution in [0.1, 0.15) is 18.1 Å². The molecule has 0 atom stereocenters. The molecule has 4 rings (SSSR count). The van der Waals surface area contributed by atoms with Gasteiger partial charge in [-0.3, -0.25) is 14.2 Å². The molecule has 0 fully saturated rings. The van der Waals surface area contributed by atoms with Crippen molar-refractivity contribution >= 4 is 16.9 Å². The number of hydrogen-bond acceptors (Lipinski definition) is 6. The predicted octanol–water partition coefficient (Wildman–Crippen LogP) is 2.54. The number of carbonyl (C=O) groups is 1. The number of nitrogens with one attached hydrogen (secondary N) is 1. The SMILES string of the molecule is CCOc1ccc(OCC(=O)NCCn2ncc3c(=O)n(Cc4ccccc4C)cnc32)cc1. The van der Waals surface area contributed by atoms with Crippen LogP contribution in [0.2, 0.25) is 0 Å². The Hall–Kier alpha value is -4.14. The molecule has 1 N–H and O–H groups in total. The van der Waals surface area contributed by atoms with Crippen molar-refractivity contribution in [2.24, 2.45) is 0 Å². The molecule has 176 valence electrons. The zero-order valence-corrected chi connectivity index (χ0v) is 19.2. The van der Waals surface area contributed by atoms with Gasteiger partial charge in [-0.25, -0.2) is 9.67 Å². The number of rotatable bonds is 10. The first-order chi connectivity index (χ1) is 16.5. The second-order valence-corrected chi connectivity index (χ2v) is 7.75. The van der Waals surface area contributed by atoms with Gasteiger partial charge in [0.1, 0.15) is 23.2 Å². The van der Waals surface area contributed by atoms with Gasteiger partial charge < -0.3 is 14.8 Å². The van der Waals surface area contributed by atoms with Gasteiger partial charge in [-0.05, 0) is 49.2 Å². The van der Waals surface area contributed by atoms with E-state index in [9.17, 15) is 9.59 Å². The maximum absolute atomic E-state index is 12.9. The molecule has 9 heteroatoms. The third-order valence-electron chi connectivity index (χ3n) is 5.37. The number of hydrogen-bond donors (Lipinski definition) is 1. The van der Waals surface area contributed by atoms with Gasteiger partial charge in [-0.2, -0.15) is 5.10 Å². The maximum Gasteiger partial charge on any atom is 0.264 e. The Morgan fingerprint density at radius 2 is 1.79 bits per heavy atom. The summed E-state index contributed by atoms with van der Waals surface area (Å²) < 4.78 is 14.1. The topological polar surface area (TPSA) is 100 Å². The Balaban J connectivity index is 1.31. The molecule has 0 spiro atoms. The molecule has 0 unspecified atom stereocenters. The molecule has 0 radical (unpaired) electrons. The third kappa shape index (κ3) is 5.43. The van der Waals surface area contributed by atoms with Gasteiger partial charge in [-0.15, -0.1) is 0 Å². The number of fused-ring (bicyclic) bond motifs is 1. The molecule has 0 bridgehead atoms. The van der Waals surface area contributed by atoms with Gasteiger partial charge in [-0.1, -0.05) is 24.3 Å². The molecule has 1 amide bonds. The Morgan fingerprint density at radius 1 is 1.06 bits per heavy atom. The fourth-order valence-corrected chi connectivity index (χ4v) is 3.54. The van der Waals surface area contributed by atoms with E-state index in [1.165, 1.54) is 6.20 Å². The molecule has 0 aliphatic rings. The fourth-order valence-electron chi connectivity index (χ4n) is 3.54. The van der Waals surface area contributed by atoms with Crippen molar-refractivity contribution in [2.75, 3.05) is 19.8 Å². The lowest BCUT2D eigenvalue weighted by Crippen LogP contribution is -2.31. The van der Waals surface area contributed by atoms with Crippen molar-refractivity contribution in [3.8, 4) is 11.5 Å². The first-order valence-corrected chi connectivity index (χ1v) is 11.1. The quantitative estimate of drug-likeness (QED) is 0.390. The summed E-state index contributed by atoms with van der Waals surface area (Å²) in [5.74, 6) is 1.09. The summed E-state index contributed by atoms with van der Waals surface area (Å²) in [5.41, 5.74) is 2.53. The van der Waals surface area contributed by atoms with Crippen LogP contribution in [-0.2, 0) is 17.9 Å². The summed E-state index contributed by atoms with van der Waals surface area (Å²) in [4.78, 5) is 29.4. The Morgan fingerprint density at radius 3 is 2.53 bits per heavy atom. The Labute approximate surface area is 197 Å². The number of carbonyl (C=O) groups excluding carboxylic acids is 1. The molecule has 4 aromatic rings. The molecule has 9 nitrogen and oxygen atoms in total. The second kappa shape index (κ2) is 10.7. The van der Waals surface area contributed by atoms with E-state index in [-0.39, 0.29) is 18.1 Å². The second-order valence-electron chi connectivity index (χ2n) is 7.75. The van der Waals surface area contributed by atoms with Crippen molar-refractivity contribution in [3.63, 3.8) is 0 Å². The lowest BCUT2D eigenvalue weighted by atomic mass is 10.1. The first kappa shape index (κ1) is 23.0. The van der Waals surface area contributed by atoms with Crippen LogP contribution in [0.25, 0.3) is 11.0 Å². The molecule has 34 heavy (non-hydrogen) atoms. The van der Waals surface area contributed by atoms with Crippen molar-refractivity contribution in [1.82, 2.24) is 24.6 Å². The number of benzene rings is 2. The zero-order valence-electron chi connectivity index (χ0n) is 19.2. The fraction of sp³-hybridized carbons (Fsp3) is 0.280.